The number of hydrogen-bond acceptors (Lipinski definition) is 4. The van der Waals surface area contributed by atoms with Crippen molar-refractivity contribution >= 4 is 17.6 Å². The van der Waals surface area contributed by atoms with Crippen LogP contribution in [0.2, 0.25) is 0 Å². The molecule has 3 N–H and O–H groups in total. The molecule has 1 aromatic rings. The Hall–Kier alpha value is -2.11. The minimum absolute atomic E-state index is 0.0381. The number of rotatable bonds is 6. The largest absolute Gasteiger partial charge is 0.478 e. The first-order chi connectivity index (χ1) is 8.90. The van der Waals surface area contributed by atoms with E-state index in [2.05, 4.69) is 15.6 Å². The topological polar surface area (TPSA) is 91.3 Å². The monoisotopic (exact) mass is 265 g/mol. The van der Waals surface area contributed by atoms with Crippen LogP contribution in [0, 0.1) is 12.8 Å². The van der Waals surface area contributed by atoms with E-state index in [0.717, 1.165) is 0 Å². The van der Waals surface area contributed by atoms with E-state index in [4.69, 9.17) is 5.11 Å². The number of carbonyl (C=O) groups excluding carboxylic acids is 1. The van der Waals surface area contributed by atoms with Gasteiger partial charge in [0.2, 0.25) is 5.91 Å². The third-order valence-corrected chi connectivity index (χ3v) is 2.42. The van der Waals surface area contributed by atoms with E-state index in [1.54, 1.807) is 13.0 Å². The molecule has 6 nitrogen and oxygen atoms in total. The summed E-state index contributed by atoms with van der Waals surface area (Å²) in [5.74, 6) is -0.862. The second kappa shape index (κ2) is 6.72. The third kappa shape index (κ3) is 4.95. The highest BCUT2D eigenvalue weighted by atomic mass is 16.4. The van der Waals surface area contributed by atoms with E-state index in [1.807, 2.05) is 13.8 Å². The summed E-state index contributed by atoms with van der Waals surface area (Å²) in [5.41, 5.74) is 1.15. The molecular weight excluding hydrogens is 246 g/mol. The average Bonchev–Trinajstić information content (AvgIpc) is 2.33. The van der Waals surface area contributed by atoms with Crippen LogP contribution < -0.4 is 10.6 Å². The molecule has 0 saturated heterocycles. The van der Waals surface area contributed by atoms with Crippen molar-refractivity contribution in [3.05, 3.63) is 23.5 Å². The molecule has 0 aliphatic heterocycles. The molecule has 0 atom stereocenters. The number of nitrogens with zero attached hydrogens (tertiary/aromatic N) is 1. The number of amides is 1. The van der Waals surface area contributed by atoms with E-state index in [0.29, 0.717) is 23.8 Å². The van der Waals surface area contributed by atoms with Gasteiger partial charge in [-0.05, 0) is 18.9 Å². The summed E-state index contributed by atoms with van der Waals surface area (Å²) in [4.78, 5) is 26.5. The van der Waals surface area contributed by atoms with E-state index in [1.165, 1.54) is 6.20 Å². The van der Waals surface area contributed by atoms with Crippen LogP contribution in [0.4, 0.5) is 5.69 Å². The molecule has 0 aliphatic carbocycles. The molecule has 0 aromatic carbocycles. The van der Waals surface area contributed by atoms with Gasteiger partial charge in [-0.25, -0.2) is 4.79 Å². The van der Waals surface area contributed by atoms with Crippen molar-refractivity contribution in [1.82, 2.24) is 10.3 Å². The van der Waals surface area contributed by atoms with E-state index in [9.17, 15) is 9.59 Å². The van der Waals surface area contributed by atoms with Crippen molar-refractivity contribution in [1.29, 1.82) is 0 Å². The molecule has 0 aliphatic rings. The molecule has 19 heavy (non-hydrogen) atoms. The molecule has 1 heterocycles. The molecule has 0 unspecified atom stereocenters. The Kier molecular flexibility index (Phi) is 5.29. The first-order valence-electron chi connectivity index (χ1n) is 6.10. The maximum atomic E-state index is 11.6. The van der Waals surface area contributed by atoms with Gasteiger partial charge >= 0.3 is 5.97 Å². The van der Waals surface area contributed by atoms with Gasteiger partial charge in [-0.2, -0.15) is 0 Å². The van der Waals surface area contributed by atoms with Gasteiger partial charge in [0, 0.05) is 18.4 Å². The van der Waals surface area contributed by atoms with Gasteiger partial charge < -0.3 is 15.7 Å². The first kappa shape index (κ1) is 14.9. The maximum Gasteiger partial charge on any atom is 0.339 e. The quantitative estimate of drug-likeness (QED) is 0.720. The van der Waals surface area contributed by atoms with Gasteiger partial charge in [0.1, 0.15) is 5.56 Å². The molecule has 1 amide bonds. The first-order valence-corrected chi connectivity index (χ1v) is 6.10. The fraction of sp³-hybridized carbons (Fsp3) is 0.462. The summed E-state index contributed by atoms with van der Waals surface area (Å²) >= 11 is 0. The normalized spacial score (nSPS) is 10.3. The third-order valence-electron chi connectivity index (χ3n) is 2.42. The Labute approximate surface area is 112 Å². The molecular formula is C13H19N3O3. The van der Waals surface area contributed by atoms with Gasteiger partial charge in [-0.15, -0.1) is 0 Å². The minimum Gasteiger partial charge on any atom is -0.478 e. The number of carboxylic acids is 1. The molecule has 0 radical (unpaired) electrons. The zero-order valence-corrected chi connectivity index (χ0v) is 11.4. The van der Waals surface area contributed by atoms with Gasteiger partial charge in [0.05, 0.1) is 12.2 Å². The highest BCUT2D eigenvalue weighted by molar-refractivity contribution is 5.94. The second-order valence-electron chi connectivity index (χ2n) is 4.73. The standard InChI is InChI=1S/C13H19N3O3/c1-8(2)5-16-12(17)7-15-11-4-9(3)14-6-10(11)13(18)19/h4,6,8H,5,7H2,1-3H3,(H,14,15)(H,16,17)(H,18,19). The fourth-order valence-electron chi connectivity index (χ4n) is 1.43. The summed E-state index contributed by atoms with van der Waals surface area (Å²) in [6.45, 7) is 6.40. The average molecular weight is 265 g/mol. The lowest BCUT2D eigenvalue weighted by Crippen LogP contribution is -2.32. The van der Waals surface area contributed by atoms with Gasteiger partial charge in [-0.1, -0.05) is 13.8 Å². The zero-order valence-electron chi connectivity index (χ0n) is 11.4. The molecule has 104 valence electrons. The number of anilines is 1. The Bertz CT molecular complexity index is 472. The van der Waals surface area contributed by atoms with Crippen LogP contribution in [0.5, 0.6) is 0 Å². The number of carboxylic acid groups (broad SMARTS) is 1. The zero-order chi connectivity index (χ0) is 14.4. The van der Waals surface area contributed by atoms with Gasteiger partial charge in [-0.3, -0.25) is 9.78 Å². The van der Waals surface area contributed by atoms with Gasteiger partial charge in [0.25, 0.3) is 0 Å². The van der Waals surface area contributed by atoms with E-state index >= 15 is 0 Å². The lowest BCUT2D eigenvalue weighted by atomic mass is 10.2. The number of aromatic nitrogens is 1. The number of aryl methyl sites for hydroxylation is 1. The van der Waals surface area contributed by atoms with Crippen molar-refractivity contribution in [3.8, 4) is 0 Å². The molecule has 6 heteroatoms. The lowest BCUT2D eigenvalue weighted by Gasteiger charge is -2.11. The lowest BCUT2D eigenvalue weighted by molar-refractivity contribution is -0.119. The predicted molar refractivity (Wildman–Crippen MR) is 72.3 cm³/mol. The predicted octanol–water partition coefficient (Wildman–Crippen LogP) is 1.27. The number of pyridine rings is 1. The molecule has 0 fully saturated rings. The number of aromatic carboxylic acids is 1. The fourth-order valence-corrected chi connectivity index (χ4v) is 1.43. The SMILES string of the molecule is Cc1cc(NCC(=O)NCC(C)C)c(C(=O)O)cn1. The summed E-state index contributed by atoms with van der Waals surface area (Å²) in [6.07, 6.45) is 1.28. The number of carbonyl (C=O) groups is 2. The van der Waals surface area contributed by atoms with Crippen molar-refractivity contribution in [2.75, 3.05) is 18.4 Å². The van der Waals surface area contributed by atoms with Crippen LogP contribution in [0.3, 0.4) is 0 Å². The molecule has 0 saturated carbocycles. The van der Waals surface area contributed by atoms with Gasteiger partial charge in [0.15, 0.2) is 0 Å². The van der Waals surface area contributed by atoms with E-state index in [-0.39, 0.29) is 18.0 Å². The van der Waals surface area contributed by atoms with Crippen LogP contribution >= 0.6 is 0 Å². The van der Waals surface area contributed by atoms with Crippen LogP contribution in [-0.2, 0) is 4.79 Å². The van der Waals surface area contributed by atoms with Crippen LogP contribution in [0.15, 0.2) is 12.3 Å². The van der Waals surface area contributed by atoms with E-state index < -0.39 is 5.97 Å². The Balaban J connectivity index is 2.64. The molecule has 0 spiro atoms. The number of nitrogens with one attached hydrogen (secondary N) is 2. The number of hydrogen-bond donors (Lipinski definition) is 3. The Morgan fingerprint density at radius 2 is 2.11 bits per heavy atom. The summed E-state index contributed by atoms with van der Waals surface area (Å²) in [7, 11) is 0. The molecule has 0 bridgehead atoms. The Morgan fingerprint density at radius 1 is 1.42 bits per heavy atom. The van der Waals surface area contributed by atoms with Crippen molar-refractivity contribution in [3.63, 3.8) is 0 Å². The summed E-state index contributed by atoms with van der Waals surface area (Å²) < 4.78 is 0. The smallest absolute Gasteiger partial charge is 0.339 e. The highest BCUT2D eigenvalue weighted by Gasteiger charge is 2.11. The van der Waals surface area contributed by atoms with Crippen molar-refractivity contribution < 1.29 is 14.7 Å². The summed E-state index contributed by atoms with van der Waals surface area (Å²) in [5, 5.41) is 14.6. The second-order valence-corrected chi connectivity index (χ2v) is 4.73. The Morgan fingerprint density at radius 3 is 2.68 bits per heavy atom. The van der Waals surface area contributed by atoms with Crippen LogP contribution in [0.1, 0.15) is 29.9 Å². The minimum atomic E-state index is -1.07. The van der Waals surface area contributed by atoms with Crippen molar-refractivity contribution in [2.45, 2.75) is 20.8 Å². The summed E-state index contributed by atoms with van der Waals surface area (Å²) in [6, 6.07) is 1.61. The molecule has 1 rings (SSSR count). The van der Waals surface area contributed by atoms with Crippen molar-refractivity contribution in [2.24, 2.45) is 5.92 Å². The van der Waals surface area contributed by atoms with Crippen LogP contribution in [-0.4, -0.2) is 35.1 Å². The molecule has 1 aromatic heterocycles. The highest BCUT2D eigenvalue weighted by Crippen LogP contribution is 2.15. The maximum absolute atomic E-state index is 11.6. The van der Waals surface area contributed by atoms with Crippen LogP contribution in [0.25, 0.3) is 0 Å².